The van der Waals surface area contributed by atoms with Crippen LogP contribution >= 0.6 is 11.6 Å². The van der Waals surface area contributed by atoms with Crippen LogP contribution in [0.4, 0.5) is 5.69 Å². The van der Waals surface area contributed by atoms with Crippen LogP contribution in [0.25, 0.3) is 0 Å². The van der Waals surface area contributed by atoms with E-state index in [9.17, 15) is 0 Å². The van der Waals surface area contributed by atoms with Crippen molar-refractivity contribution in [3.63, 3.8) is 0 Å². The maximum atomic E-state index is 6.40. The number of hydrogen-bond donors (Lipinski definition) is 1. The second kappa shape index (κ2) is 6.44. The Hall–Kier alpha value is -0.730. The minimum Gasteiger partial charge on any atom is -0.370 e. The molecule has 0 radical (unpaired) electrons. The summed E-state index contributed by atoms with van der Waals surface area (Å²) in [4.78, 5) is 2.42. The van der Waals surface area contributed by atoms with Gasteiger partial charge < -0.3 is 10.6 Å². The monoisotopic (exact) mass is 266 g/mol. The molecule has 0 aromatic heterocycles. The molecule has 2 nitrogen and oxygen atoms in total. The second-order valence-corrected chi connectivity index (χ2v) is 5.66. The minimum atomic E-state index is 0.0453. The molecule has 1 aromatic rings. The number of halogens is 1. The van der Waals surface area contributed by atoms with Crippen molar-refractivity contribution < 1.29 is 0 Å². The molecule has 0 saturated carbocycles. The van der Waals surface area contributed by atoms with Gasteiger partial charge in [-0.15, -0.1) is 0 Å². The number of hydrogen-bond acceptors (Lipinski definition) is 2. The summed E-state index contributed by atoms with van der Waals surface area (Å²) in [6, 6.07) is 6.29. The smallest absolute Gasteiger partial charge is 0.0642 e. The van der Waals surface area contributed by atoms with Gasteiger partial charge in [-0.25, -0.2) is 0 Å². The number of anilines is 1. The molecule has 3 heteroatoms. The Balaban J connectivity index is 2.15. The fourth-order valence-electron chi connectivity index (χ4n) is 2.55. The fourth-order valence-corrected chi connectivity index (χ4v) is 2.86. The van der Waals surface area contributed by atoms with Crippen molar-refractivity contribution in [2.45, 2.75) is 45.1 Å². The molecule has 0 spiro atoms. The Kier molecular flexibility index (Phi) is 4.90. The summed E-state index contributed by atoms with van der Waals surface area (Å²) in [5.74, 6) is 0. The molecule has 18 heavy (non-hydrogen) atoms. The van der Waals surface area contributed by atoms with Gasteiger partial charge in [-0.3, -0.25) is 0 Å². The van der Waals surface area contributed by atoms with Crippen LogP contribution in [0, 0.1) is 0 Å². The number of rotatable bonds is 2. The molecule has 2 rings (SSSR count). The Morgan fingerprint density at radius 3 is 2.28 bits per heavy atom. The van der Waals surface area contributed by atoms with E-state index in [0.29, 0.717) is 0 Å². The van der Waals surface area contributed by atoms with Gasteiger partial charge in [0.25, 0.3) is 0 Å². The molecular weight excluding hydrogens is 244 g/mol. The van der Waals surface area contributed by atoms with E-state index in [0.717, 1.165) is 23.7 Å². The van der Waals surface area contributed by atoms with Crippen molar-refractivity contribution in [3.8, 4) is 0 Å². The quantitative estimate of drug-likeness (QED) is 0.872. The van der Waals surface area contributed by atoms with Crippen molar-refractivity contribution in [2.24, 2.45) is 5.73 Å². The van der Waals surface area contributed by atoms with Crippen molar-refractivity contribution in [1.82, 2.24) is 0 Å². The molecule has 0 unspecified atom stereocenters. The van der Waals surface area contributed by atoms with E-state index in [1.165, 1.54) is 37.8 Å². The third-order valence-corrected chi connectivity index (χ3v) is 4.00. The van der Waals surface area contributed by atoms with Gasteiger partial charge in [0.15, 0.2) is 0 Å². The van der Waals surface area contributed by atoms with E-state index < -0.39 is 0 Å². The lowest BCUT2D eigenvalue weighted by Crippen LogP contribution is -2.27. The lowest BCUT2D eigenvalue weighted by atomic mass is 10.1. The molecule has 1 aromatic carbocycles. The van der Waals surface area contributed by atoms with E-state index in [2.05, 4.69) is 17.0 Å². The molecule has 1 heterocycles. The predicted octanol–water partition coefficient (Wildman–Crippen LogP) is 4.13. The number of nitrogens with two attached hydrogens (primary N) is 1. The van der Waals surface area contributed by atoms with E-state index in [4.69, 9.17) is 17.3 Å². The van der Waals surface area contributed by atoms with Crippen molar-refractivity contribution >= 4 is 17.3 Å². The zero-order valence-corrected chi connectivity index (χ0v) is 11.9. The van der Waals surface area contributed by atoms with Crippen LogP contribution < -0.4 is 10.6 Å². The first-order chi connectivity index (χ1) is 8.68. The van der Waals surface area contributed by atoms with Gasteiger partial charge in [0, 0.05) is 19.1 Å². The Bertz CT molecular complexity index is 382. The van der Waals surface area contributed by atoms with Gasteiger partial charge in [0.1, 0.15) is 0 Å². The van der Waals surface area contributed by atoms with Crippen LogP contribution in [0.3, 0.4) is 0 Å². The predicted molar refractivity (Wildman–Crippen MR) is 79.4 cm³/mol. The van der Waals surface area contributed by atoms with Gasteiger partial charge in [-0.05, 0) is 37.5 Å². The van der Waals surface area contributed by atoms with E-state index in [1.807, 2.05) is 13.0 Å². The normalized spacial score (nSPS) is 19.2. The zero-order valence-electron chi connectivity index (χ0n) is 11.2. The molecule has 100 valence electrons. The highest BCUT2D eigenvalue weighted by atomic mass is 35.5. The maximum Gasteiger partial charge on any atom is 0.0642 e. The third kappa shape index (κ3) is 3.39. The summed E-state index contributed by atoms with van der Waals surface area (Å²) in [5, 5.41) is 0.838. The Morgan fingerprint density at radius 1 is 1.11 bits per heavy atom. The topological polar surface area (TPSA) is 29.3 Å². The van der Waals surface area contributed by atoms with Crippen molar-refractivity contribution in [3.05, 3.63) is 28.8 Å². The van der Waals surface area contributed by atoms with Crippen LogP contribution in [0.15, 0.2) is 18.2 Å². The van der Waals surface area contributed by atoms with Crippen molar-refractivity contribution in [1.29, 1.82) is 0 Å². The van der Waals surface area contributed by atoms with E-state index in [1.54, 1.807) is 0 Å². The van der Waals surface area contributed by atoms with Crippen LogP contribution in [-0.4, -0.2) is 13.1 Å². The summed E-state index contributed by atoms with van der Waals surface area (Å²) in [7, 11) is 0. The van der Waals surface area contributed by atoms with Gasteiger partial charge >= 0.3 is 0 Å². The largest absolute Gasteiger partial charge is 0.370 e. The molecule has 1 aliphatic heterocycles. The molecule has 0 bridgehead atoms. The molecule has 2 N–H and O–H groups in total. The Labute approximate surface area is 115 Å². The van der Waals surface area contributed by atoms with Crippen LogP contribution in [0.2, 0.25) is 5.02 Å². The average molecular weight is 267 g/mol. The lowest BCUT2D eigenvalue weighted by molar-refractivity contribution is 0.556. The highest BCUT2D eigenvalue weighted by Gasteiger charge is 2.13. The number of nitrogens with zero attached hydrogens (tertiary/aromatic N) is 1. The molecule has 0 aliphatic carbocycles. The molecular formula is C15H23ClN2. The summed E-state index contributed by atoms with van der Waals surface area (Å²) >= 11 is 6.40. The summed E-state index contributed by atoms with van der Waals surface area (Å²) in [6.45, 7) is 4.23. The fraction of sp³-hybridized carbons (Fsp3) is 0.600. The SMILES string of the molecule is C[C@@H](N)c1ccc(N2CCCCCCC2)c(Cl)c1. The first-order valence-corrected chi connectivity index (χ1v) is 7.36. The van der Waals surface area contributed by atoms with E-state index in [-0.39, 0.29) is 6.04 Å². The van der Waals surface area contributed by atoms with Gasteiger partial charge in [-0.2, -0.15) is 0 Å². The van der Waals surface area contributed by atoms with Crippen molar-refractivity contribution in [2.75, 3.05) is 18.0 Å². The van der Waals surface area contributed by atoms with Crippen LogP contribution in [-0.2, 0) is 0 Å². The standard InChI is InChI=1S/C15H23ClN2/c1-12(17)13-7-8-15(14(16)11-13)18-9-5-3-2-4-6-10-18/h7-8,11-12H,2-6,9-10,17H2,1H3/t12-/m1/s1. The van der Waals surface area contributed by atoms with Gasteiger partial charge in [0.2, 0.25) is 0 Å². The second-order valence-electron chi connectivity index (χ2n) is 5.25. The third-order valence-electron chi connectivity index (χ3n) is 3.69. The summed E-state index contributed by atoms with van der Waals surface area (Å²) in [5.41, 5.74) is 8.16. The van der Waals surface area contributed by atoms with Crippen LogP contribution in [0.5, 0.6) is 0 Å². The number of benzene rings is 1. The van der Waals surface area contributed by atoms with Gasteiger partial charge in [0.05, 0.1) is 10.7 Å². The Morgan fingerprint density at radius 2 is 1.72 bits per heavy atom. The highest BCUT2D eigenvalue weighted by molar-refractivity contribution is 6.33. The highest BCUT2D eigenvalue weighted by Crippen LogP contribution is 2.30. The minimum absolute atomic E-state index is 0.0453. The summed E-state index contributed by atoms with van der Waals surface area (Å²) < 4.78 is 0. The molecule has 1 atom stereocenters. The van der Waals surface area contributed by atoms with E-state index >= 15 is 0 Å². The first-order valence-electron chi connectivity index (χ1n) is 6.98. The maximum absolute atomic E-state index is 6.40. The molecule has 1 saturated heterocycles. The molecule has 0 amide bonds. The molecule has 1 fully saturated rings. The lowest BCUT2D eigenvalue weighted by Gasteiger charge is -2.28. The first kappa shape index (κ1) is 13.7. The van der Waals surface area contributed by atoms with Gasteiger partial charge in [-0.1, -0.05) is 36.9 Å². The van der Waals surface area contributed by atoms with Crippen LogP contribution in [0.1, 0.15) is 50.6 Å². The summed E-state index contributed by atoms with van der Waals surface area (Å²) in [6.07, 6.45) is 6.60. The molecule has 1 aliphatic rings. The zero-order chi connectivity index (χ0) is 13.0. The average Bonchev–Trinajstić information content (AvgIpc) is 2.29.